The van der Waals surface area contributed by atoms with Crippen LogP contribution >= 0.6 is 11.8 Å². The summed E-state index contributed by atoms with van der Waals surface area (Å²) in [5.41, 5.74) is 8.30. The molecule has 0 atom stereocenters. The van der Waals surface area contributed by atoms with Crippen LogP contribution in [0.4, 0.5) is 5.69 Å². The van der Waals surface area contributed by atoms with Gasteiger partial charge >= 0.3 is 0 Å². The predicted octanol–water partition coefficient (Wildman–Crippen LogP) is 2.46. The third-order valence-electron chi connectivity index (χ3n) is 2.57. The van der Waals surface area contributed by atoms with Crippen LogP contribution in [0.5, 0.6) is 0 Å². The zero-order valence-electron chi connectivity index (χ0n) is 10.2. The van der Waals surface area contributed by atoms with Crippen LogP contribution in [0.1, 0.15) is 5.56 Å². The van der Waals surface area contributed by atoms with Crippen LogP contribution in [0.25, 0.3) is 10.9 Å². The maximum atomic E-state index is 5.75. The lowest BCUT2D eigenvalue weighted by atomic mass is 10.2. The Kier molecular flexibility index (Phi) is 3.00. The summed E-state index contributed by atoms with van der Waals surface area (Å²) in [6, 6.07) is 5.59. The fourth-order valence-corrected chi connectivity index (χ4v) is 2.42. The third-order valence-corrected chi connectivity index (χ3v) is 3.48. The zero-order chi connectivity index (χ0) is 13.2. The summed E-state index contributed by atoms with van der Waals surface area (Å²) in [7, 11) is 0. The van der Waals surface area contributed by atoms with Crippen LogP contribution < -0.4 is 5.73 Å². The van der Waals surface area contributed by atoms with Crippen LogP contribution in [-0.2, 0) is 0 Å². The summed E-state index contributed by atoms with van der Waals surface area (Å²) in [6.45, 7) is 1.96. The van der Waals surface area contributed by atoms with Crippen molar-refractivity contribution >= 4 is 28.4 Å². The summed E-state index contributed by atoms with van der Waals surface area (Å²) >= 11 is 1.42. The van der Waals surface area contributed by atoms with E-state index in [4.69, 9.17) is 5.73 Å². The molecule has 94 valence electrons. The largest absolute Gasteiger partial charge is 0.399 e. The first-order valence-corrected chi connectivity index (χ1v) is 6.51. The van der Waals surface area contributed by atoms with E-state index >= 15 is 0 Å². The van der Waals surface area contributed by atoms with Crippen molar-refractivity contribution in [1.29, 1.82) is 0 Å². The molecule has 1 aromatic carbocycles. The van der Waals surface area contributed by atoms with Gasteiger partial charge in [-0.25, -0.2) is 19.9 Å². The number of fused-ring (bicyclic) bond motifs is 1. The molecule has 5 nitrogen and oxygen atoms in total. The van der Waals surface area contributed by atoms with Crippen molar-refractivity contribution in [2.24, 2.45) is 0 Å². The predicted molar refractivity (Wildman–Crippen MR) is 74.8 cm³/mol. The molecular weight excluding hydrogens is 258 g/mol. The summed E-state index contributed by atoms with van der Waals surface area (Å²) in [6.07, 6.45) is 5.10. The molecule has 0 amide bonds. The van der Waals surface area contributed by atoms with Crippen LogP contribution in [0.3, 0.4) is 0 Å². The lowest BCUT2D eigenvalue weighted by Crippen LogP contribution is -1.92. The second-order valence-electron chi connectivity index (χ2n) is 4.10. The molecule has 0 aliphatic carbocycles. The van der Waals surface area contributed by atoms with Gasteiger partial charge in [-0.15, -0.1) is 0 Å². The lowest BCUT2D eigenvalue weighted by molar-refractivity contribution is 0.945. The van der Waals surface area contributed by atoms with Gasteiger partial charge in [-0.05, 0) is 42.4 Å². The van der Waals surface area contributed by atoms with E-state index in [1.165, 1.54) is 18.1 Å². The number of nitrogens with two attached hydrogens (primary N) is 1. The minimum absolute atomic E-state index is 0.669. The van der Waals surface area contributed by atoms with Crippen LogP contribution in [-0.4, -0.2) is 19.9 Å². The van der Waals surface area contributed by atoms with E-state index in [1.54, 1.807) is 12.4 Å². The Bertz CT molecular complexity index is 727. The van der Waals surface area contributed by atoms with E-state index in [1.807, 2.05) is 25.1 Å². The van der Waals surface area contributed by atoms with Crippen molar-refractivity contribution in [3.8, 4) is 0 Å². The summed E-state index contributed by atoms with van der Waals surface area (Å²) in [5, 5.41) is 2.45. The molecule has 19 heavy (non-hydrogen) atoms. The highest BCUT2D eigenvalue weighted by atomic mass is 32.2. The van der Waals surface area contributed by atoms with E-state index in [-0.39, 0.29) is 0 Å². The third kappa shape index (κ3) is 2.48. The van der Waals surface area contributed by atoms with Crippen molar-refractivity contribution in [3.63, 3.8) is 0 Å². The highest BCUT2D eigenvalue weighted by Crippen LogP contribution is 2.29. The normalized spacial score (nSPS) is 10.8. The molecule has 0 unspecified atom stereocenters. The second-order valence-corrected chi connectivity index (χ2v) is 5.06. The van der Waals surface area contributed by atoms with Crippen LogP contribution in [0, 0.1) is 6.92 Å². The van der Waals surface area contributed by atoms with E-state index in [0.717, 1.165) is 21.5 Å². The van der Waals surface area contributed by atoms with Crippen LogP contribution in [0.2, 0.25) is 0 Å². The van der Waals surface area contributed by atoms with Crippen LogP contribution in [0.15, 0.2) is 47.1 Å². The minimum Gasteiger partial charge on any atom is -0.399 e. The molecular formula is C13H11N5S. The Morgan fingerprint density at radius 2 is 1.84 bits per heavy atom. The molecule has 0 saturated heterocycles. The number of aryl methyl sites for hydroxylation is 1. The standard InChI is InChI=1S/C13H11N5S/c1-8-5-15-13(16-6-8)19-12-10-3-2-9(14)4-11(10)17-7-18-12/h2-7H,14H2,1H3. The molecule has 0 saturated carbocycles. The Morgan fingerprint density at radius 1 is 1.05 bits per heavy atom. The molecule has 0 bridgehead atoms. The van der Waals surface area contributed by atoms with Gasteiger partial charge in [0.2, 0.25) is 0 Å². The van der Waals surface area contributed by atoms with Crippen molar-refractivity contribution in [2.75, 3.05) is 5.73 Å². The number of hydrogen-bond acceptors (Lipinski definition) is 6. The van der Waals surface area contributed by atoms with Gasteiger partial charge in [-0.1, -0.05) is 0 Å². The molecule has 6 heteroatoms. The van der Waals surface area contributed by atoms with Gasteiger partial charge in [-0.2, -0.15) is 0 Å². The Morgan fingerprint density at radius 3 is 2.63 bits per heavy atom. The molecule has 0 radical (unpaired) electrons. The first-order chi connectivity index (χ1) is 9.22. The first-order valence-electron chi connectivity index (χ1n) is 5.69. The van der Waals surface area contributed by atoms with Gasteiger partial charge in [0.1, 0.15) is 11.4 Å². The molecule has 0 fully saturated rings. The van der Waals surface area contributed by atoms with Crippen molar-refractivity contribution in [3.05, 3.63) is 42.5 Å². The number of benzene rings is 1. The molecule has 3 rings (SSSR count). The number of rotatable bonds is 2. The Hall–Kier alpha value is -2.21. The summed E-state index contributed by atoms with van der Waals surface area (Å²) < 4.78 is 0. The first kappa shape index (κ1) is 11.9. The van der Waals surface area contributed by atoms with E-state index in [0.29, 0.717) is 10.8 Å². The van der Waals surface area contributed by atoms with Crippen molar-refractivity contribution in [1.82, 2.24) is 19.9 Å². The van der Waals surface area contributed by atoms with Gasteiger partial charge in [0.25, 0.3) is 0 Å². The molecule has 2 N–H and O–H groups in total. The quantitative estimate of drug-likeness (QED) is 0.437. The topological polar surface area (TPSA) is 77.6 Å². The molecule has 3 aromatic rings. The van der Waals surface area contributed by atoms with Crippen molar-refractivity contribution < 1.29 is 0 Å². The van der Waals surface area contributed by atoms with Gasteiger partial charge in [0.15, 0.2) is 5.16 Å². The fourth-order valence-electron chi connectivity index (χ4n) is 1.65. The molecule has 0 aliphatic rings. The lowest BCUT2D eigenvalue weighted by Gasteiger charge is -2.04. The van der Waals surface area contributed by atoms with Crippen molar-refractivity contribution in [2.45, 2.75) is 17.1 Å². The average Bonchev–Trinajstić information content (AvgIpc) is 2.41. The summed E-state index contributed by atoms with van der Waals surface area (Å²) in [5.74, 6) is 0. The SMILES string of the molecule is Cc1cnc(Sc2ncnc3cc(N)ccc23)nc1. The molecule has 2 aromatic heterocycles. The number of anilines is 1. The molecule has 0 aliphatic heterocycles. The van der Waals surface area contributed by atoms with Gasteiger partial charge in [0, 0.05) is 23.5 Å². The average molecular weight is 269 g/mol. The molecule has 0 spiro atoms. The number of hydrogen-bond donors (Lipinski definition) is 1. The van der Waals surface area contributed by atoms with E-state index < -0.39 is 0 Å². The van der Waals surface area contributed by atoms with Gasteiger partial charge in [0.05, 0.1) is 5.52 Å². The number of nitrogens with zero attached hydrogens (tertiary/aromatic N) is 4. The number of aromatic nitrogens is 4. The smallest absolute Gasteiger partial charge is 0.193 e. The van der Waals surface area contributed by atoms with E-state index in [9.17, 15) is 0 Å². The highest BCUT2D eigenvalue weighted by molar-refractivity contribution is 7.99. The molecule has 2 heterocycles. The fraction of sp³-hybridized carbons (Fsp3) is 0.0769. The Labute approximate surface area is 114 Å². The zero-order valence-corrected chi connectivity index (χ0v) is 11.1. The monoisotopic (exact) mass is 269 g/mol. The Balaban J connectivity index is 2.03. The maximum absolute atomic E-state index is 5.75. The number of nitrogen functional groups attached to an aromatic ring is 1. The van der Waals surface area contributed by atoms with E-state index in [2.05, 4.69) is 19.9 Å². The summed E-state index contributed by atoms with van der Waals surface area (Å²) in [4.78, 5) is 17.0. The van der Waals surface area contributed by atoms with Gasteiger partial charge in [-0.3, -0.25) is 0 Å². The minimum atomic E-state index is 0.669. The maximum Gasteiger partial charge on any atom is 0.193 e. The second kappa shape index (κ2) is 4.81. The van der Waals surface area contributed by atoms with Gasteiger partial charge < -0.3 is 5.73 Å². The highest BCUT2D eigenvalue weighted by Gasteiger charge is 2.07.